The van der Waals surface area contributed by atoms with Gasteiger partial charge in [0.15, 0.2) is 0 Å². The molecular formula is C9H13NO. The van der Waals surface area contributed by atoms with E-state index in [1.54, 1.807) is 7.11 Å². The molecular weight excluding hydrogens is 138 g/mol. The van der Waals surface area contributed by atoms with Crippen LogP contribution >= 0.6 is 0 Å². The molecule has 0 saturated heterocycles. The van der Waals surface area contributed by atoms with Crippen LogP contribution < -0.4 is 0 Å². The van der Waals surface area contributed by atoms with Crippen LogP contribution in [0.4, 0.5) is 0 Å². The second-order valence-corrected chi connectivity index (χ2v) is 2.44. The molecule has 0 aliphatic rings. The second kappa shape index (κ2) is 4.09. The minimum Gasteiger partial charge on any atom is -0.380 e. The molecule has 11 heavy (non-hydrogen) atoms. The van der Waals surface area contributed by atoms with Gasteiger partial charge in [-0.15, -0.1) is 0 Å². The summed E-state index contributed by atoms with van der Waals surface area (Å²) in [5.41, 5.74) is 2.26. The lowest BCUT2D eigenvalue weighted by Crippen LogP contribution is -1.91. The van der Waals surface area contributed by atoms with E-state index in [1.165, 1.54) is 0 Å². The summed E-state index contributed by atoms with van der Waals surface area (Å²) in [4.78, 5) is 4.24. The van der Waals surface area contributed by atoms with Crippen molar-refractivity contribution in [3.8, 4) is 0 Å². The van der Waals surface area contributed by atoms with Crippen molar-refractivity contribution in [1.82, 2.24) is 4.98 Å². The number of hydrogen-bond acceptors (Lipinski definition) is 2. The molecule has 0 aliphatic heterocycles. The van der Waals surface area contributed by atoms with Gasteiger partial charge in [0.25, 0.3) is 0 Å². The van der Waals surface area contributed by atoms with E-state index in [2.05, 4.69) is 18.0 Å². The molecule has 0 saturated carbocycles. The molecule has 0 atom stereocenters. The summed E-state index contributed by atoms with van der Waals surface area (Å²) in [7, 11) is 1.69. The Bertz CT molecular complexity index is 205. The molecule has 0 aliphatic carbocycles. The quantitative estimate of drug-likeness (QED) is 0.657. The van der Waals surface area contributed by atoms with E-state index in [9.17, 15) is 0 Å². The number of hydrogen-bond donors (Lipinski definition) is 0. The number of nitrogens with zero attached hydrogens (tertiary/aromatic N) is 1. The van der Waals surface area contributed by atoms with Crippen molar-refractivity contribution >= 4 is 0 Å². The van der Waals surface area contributed by atoms with Crippen molar-refractivity contribution in [3.63, 3.8) is 0 Å². The first-order valence-corrected chi connectivity index (χ1v) is 3.79. The first kappa shape index (κ1) is 8.21. The van der Waals surface area contributed by atoms with Crippen molar-refractivity contribution in [2.24, 2.45) is 0 Å². The van der Waals surface area contributed by atoms with E-state index in [4.69, 9.17) is 4.74 Å². The Morgan fingerprint density at radius 1 is 1.45 bits per heavy atom. The molecule has 0 amide bonds. The largest absolute Gasteiger partial charge is 0.380 e. The van der Waals surface area contributed by atoms with Gasteiger partial charge in [-0.25, -0.2) is 0 Å². The van der Waals surface area contributed by atoms with Crippen LogP contribution in [-0.4, -0.2) is 12.1 Å². The summed E-state index contributed by atoms with van der Waals surface area (Å²) in [5, 5.41) is 0. The maximum absolute atomic E-state index is 4.96. The van der Waals surface area contributed by atoms with E-state index in [0.29, 0.717) is 6.61 Å². The lowest BCUT2D eigenvalue weighted by molar-refractivity contribution is 0.184. The topological polar surface area (TPSA) is 22.1 Å². The molecule has 0 spiro atoms. The fraction of sp³-hybridized carbons (Fsp3) is 0.444. The SMILES string of the molecule is CCc1ccc(COC)cn1. The number of pyridine rings is 1. The number of aromatic nitrogens is 1. The Hall–Kier alpha value is -0.890. The molecule has 0 N–H and O–H groups in total. The molecule has 1 rings (SSSR count). The van der Waals surface area contributed by atoms with Gasteiger partial charge in [-0.3, -0.25) is 4.98 Å². The van der Waals surface area contributed by atoms with Gasteiger partial charge in [-0.05, 0) is 18.1 Å². The van der Waals surface area contributed by atoms with Crippen LogP contribution in [0.15, 0.2) is 18.3 Å². The van der Waals surface area contributed by atoms with Crippen LogP contribution in [0.5, 0.6) is 0 Å². The molecule has 60 valence electrons. The predicted octanol–water partition coefficient (Wildman–Crippen LogP) is 1.79. The maximum atomic E-state index is 4.96. The van der Waals surface area contributed by atoms with Crippen LogP contribution in [0, 0.1) is 0 Å². The Morgan fingerprint density at radius 3 is 2.73 bits per heavy atom. The van der Waals surface area contributed by atoms with E-state index < -0.39 is 0 Å². The number of rotatable bonds is 3. The van der Waals surface area contributed by atoms with Crippen LogP contribution in [0.3, 0.4) is 0 Å². The molecule has 0 unspecified atom stereocenters. The van der Waals surface area contributed by atoms with E-state index in [1.807, 2.05) is 12.3 Å². The molecule has 0 aromatic carbocycles. The fourth-order valence-corrected chi connectivity index (χ4v) is 0.916. The van der Waals surface area contributed by atoms with E-state index >= 15 is 0 Å². The molecule has 0 fully saturated rings. The van der Waals surface area contributed by atoms with Crippen molar-refractivity contribution in [3.05, 3.63) is 29.6 Å². The number of methoxy groups -OCH3 is 1. The maximum Gasteiger partial charge on any atom is 0.0728 e. The Labute approximate surface area is 67.2 Å². The summed E-state index contributed by atoms with van der Waals surface area (Å²) in [6, 6.07) is 4.09. The normalized spacial score (nSPS) is 10.0. The van der Waals surface area contributed by atoms with E-state index in [-0.39, 0.29) is 0 Å². The molecule has 2 nitrogen and oxygen atoms in total. The van der Waals surface area contributed by atoms with Gasteiger partial charge in [-0.2, -0.15) is 0 Å². The van der Waals surface area contributed by atoms with Gasteiger partial charge in [0, 0.05) is 19.0 Å². The summed E-state index contributed by atoms with van der Waals surface area (Å²) in [5.74, 6) is 0. The molecule has 0 radical (unpaired) electrons. The fourth-order valence-electron chi connectivity index (χ4n) is 0.916. The minimum absolute atomic E-state index is 0.650. The Balaban J connectivity index is 2.66. The average molecular weight is 151 g/mol. The Kier molecular flexibility index (Phi) is 3.05. The van der Waals surface area contributed by atoms with Gasteiger partial charge in [0.2, 0.25) is 0 Å². The van der Waals surface area contributed by atoms with Crippen LogP contribution in [-0.2, 0) is 17.8 Å². The second-order valence-electron chi connectivity index (χ2n) is 2.44. The van der Waals surface area contributed by atoms with E-state index in [0.717, 1.165) is 17.7 Å². The van der Waals surface area contributed by atoms with Gasteiger partial charge in [0.1, 0.15) is 0 Å². The van der Waals surface area contributed by atoms with Crippen LogP contribution in [0.25, 0.3) is 0 Å². The van der Waals surface area contributed by atoms with Crippen LogP contribution in [0.2, 0.25) is 0 Å². The predicted molar refractivity (Wildman–Crippen MR) is 44.3 cm³/mol. The van der Waals surface area contributed by atoms with Gasteiger partial charge < -0.3 is 4.74 Å². The highest BCUT2D eigenvalue weighted by atomic mass is 16.5. The third-order valence-corrected chi connectivity index (χ3v) is 1.56. The number of aryl methyl sites for hydroxylation is 1. The zero-order valence-corrected chi connectivity index (χ0v) is 7.00. The standard InChI is InChI=1S/C9H13NO/c1-3-9-5-4-8(6-10-9)7-11-2/h4-6H,3,7H2,1-2H3. The monoisotopic (exact) mass is 151 g/mol. The minimum atomic E-state index is 0.650. The highest BCUT2D eigenvalue weighted by molar-refractivity contribution is 5.12. The molecule has 0 bridgehead atoms. The lowest BCUT2D eigenvalue weighted by atomic mass is 10.2. The zero-order chi connectivity index (χ0) is 8.10. The molecule has 2 heteroatoms. The molecule has 1 aromatic heterocycles. The summed E-state index contributed by atoms with van der Waals surface area (Å²) in [6.07, 6.45) is 2.86. The van der Waals surface area contributed by atoms with Gasteiger partial charge >= 0.3 is 0 Å². The summed E-state index contributed by atoms with van der Waals surface area (Å²) < 4.78 is 4.96. The van der Waals surface area contributed by atoms with Crippen molar-refractivity contribution in [1.29, 1.82) is 0 Å². The molecule has 1 aromatic rings. The third kappa shape index (κ3) is 2.31. The number of ether oxygens (including phenoxy) is 1. The first-order chi connectivity index (χ1) is 5.36. The van der Waals surface area contributed by atoms with Crippen molar-refractivity contribution < 1.29 is 4.74 Å². The highest BCUT2D eigenvalue weighted by Gasteiger charge is 1.92. The molecule has 1 heterocycles. The third-order valence-electron chi connectivity index (χ3n) is 1.56. The van der Waals surface area contributed by atoms with Crippen molar-refractivity contribution in [2.45, 2.75) is 20.0 Å². The first-order valence-electron chi connectivity index (χ1n) is 3.79. The average Bonchev–Trinajstić information content (AvgIpc) is 2.07. The Morgan fingerprint density at radius 2 is 2.27 bits per heavy atom. The highest BCUT2D eigenvalue weighted by Crippen LogP contribution is 2.01. The van der Waals surface area contributed by atoms with Crippen molar-refractivity contribution in [2.75, 3.05) is 7.11 Å². The summed E-state index contributed by atoms with van der Waals surface area (Å²) in [6.45, 7) is 2.75. The van der Waals surface area contributed by atoms with Gasteiger partial charge in [0.05, 0.1) is 6.61 Å². The lowest BCUT2D eigenvalue weighted by Gasteiger charge is -1.99. The van der Waals surface area contributed by atoms with Crippen LogP contribution in [0.1, 0.15) is 18.2 Å². The summed E-state index contributed by atoms with van der Waals surface area (Å²) >= 11 is 0. The smallest absolute Gasteiger partial charge is 0.0728 e. The van der Waals surface area contributed by atoms with Gasteiger partial charge in [-0.1, -0.05) is 13.0 Å². The zero-order valence-electron chi connectivity index (χ0n) is 7.00.